The van der Waals surface area contributed by atoms with Gasteiger partial charge in [-0.3, -0.25) is 0 Å². The first-order valence-electron chi connectivity index (χ1n) is 4.45. The molecule has 0 saturated heterocycles. The van der Waals surface area contributed by atoms with E-state index in [0.717, 1.165) is 4.47 Å². The Balaban J connectivity index is 2.77. The molecular formula is C11H12BrN. The van der Waals surface area contributed by atoms with Crippen LogP contribution in [-0.4, -0.2) is 4.98 Å². The van der Waals surface area contributed by atoms with Crippen LogP contribution in [0.1, 0.15) is 25.3 Å². The highest BCUT2D eigenvalue weighted by atomic mass is 79.9. The lowest BCUT2D eigenvalue weighted by atomic mass is 10.00. The van der Waals surface area contributed by atoms with Crippen LogP contribution in [0.25, 0.3) is 10.9 Å². The van der Waals surface area contributed by atoms with Crippen molar-refractivity contribution in [1.82, 2.24) is 4.98 Å². The van der Waals surface area contributed by atoms with Gasteiger partial charge in [0.05, 0.1) is 0 Å². The van der Waals surface area contributed by atoms with Gasteiger partial charge in [-0.1, -0.05) is 29.8 Å². The van der Waals surface area contributed by atoms with Crippen LogP contribution in [0.5, 0.6) is 0 Å². The summed E-state index contributed by atoms with van der Waals surface area (Å²) < 4.78 is 1.14. The van der Waals surface area contributed by atoms with Gasteiger partial charge in [0.1, 0.15) is 0 Å². The number of aromatic nitrogens is 1. The standard InChI is InChI=1S/C11H12BrN/c1-7(2)10-5-8(12)6-11-9(10)3-4-13-11/h3-7,13H,1-2H3. The summed E-state index contributed by atoms with van der Waals surface area (Å²) in [5.41, 5.74) is 2.60. The summed E-state index contributed by atoms with van der Waals surface area (Å²) in [5, 5.41) is 1.33. The predicted molar refractivity (Wildman–Crippen MR) is 60.1 cm³/mol. The van der Waals surface area contributed by atoms with Crippen LogP contribution in [0.2, 0.25) is 0 Å². The number of benzene rings is 1. The van der Waals surface area contributed by atoms with E-state index in [1.54, 1.807) is 0 Å². The molecule has 1 heterocycles. The van der Waals surface area contributed by atoms with Gasteiger partial charge in [0.15, 0.2) is 0 Å². The third kappa shape index (κ3) is 1.51. The third-order valence-electron chi connectivity index (χ3n) is 2.29. The van der Waals surface area contributed by atoms with E-state index in [2.05, 4.69) is 53.0 Å². The molecule has 13 heavy (non-hydrogen) atoms. The van der Waals surface area contributed by atoms with Crippen LogP contribution in [-0.2, 0) is 0 Å². The highest BCUT2D eigenvalue weighted by Crippen LogP contribution is 2.28. The molecular weight excluding hydrogens is 226 g/mol. The second-order valence-electron chi connectivity index (χ2n) is 3.59. The smallest absolute Gasteiger partial charge is 0.0468 e. The molecule has 0 spiro atoms. The summed E-state index contributed by atoms with van der Waals surface area (Å²) in [5.74, 6) is 0.566. The van der Waals surface area contributed by atoms with E-state index in [0.29, 0.717) is 5.92 Å². The largest absolute Gasteiger partial charge is 0.361 e. The van der Waals surface area contributed by atoms with E-state index in [9.17, 15) is 0 Å². The topological polar surface area (TPSA) is 15.8 Å². The van der Waals surface area contributed by atoms with Crippen LogP contribution in [0.15, 0.2) is 28.9 Å². The lowest BCUT2D eigenvalue weighted by Crippen LogP contribution is -1.87. The molecule has 0 bridgehead atoms. The van der Waals surface area contributed by atoms with Gasteiger partial charge in [-0.15, -0.1) is 0 Å². The summed E-state index contributed by atoms with van der Waals surface area (Å²) in [6, 6.07) is 6.44. The van der Waals surface area contributed by atoms with Gasteiger partial charge in [0.2, 0.25) is 0 Å². The minimum absolute atomic E-state index is 0.566. The number of rotatable bonds is 1. The molecule has 0 unspecified atom stereocenters. The molecule has 0 aliphatic heterocycles. The van der Waals surface area contributed by atoms with Crippen molar-refractivity contribution < 1.29 is 0 Å². The number of nitrogens with one attached hydrogen (secondary N) is 1. The van der Waals surface area contributed by atoms with Gasteiger partial charge in [0.25, 0.3) is 0 Å². The molecule has 0 aliphatic carbocycles. The van der Waals surface area contributed by atoms with Gasteiger partial charge >= 0.3 is 0 Å². The fourth-order valence-electron chi connectivity index (χ4n) is 1.64. The van der Waals surface area contributed by atoms with Crippen LogP contribution >= 0.6 is 15.9 Å². The highest BCUT2D eigenvalue weighted by molar-refractivity contribution is 9.10. The van der Waals surface area contributed by atoms with Crippen molar-refractivity contribution in [2.45, 2.75) is 19.8 Å². The molecule has 1 aromatic carbocycles. The Kier molecular flexibility index (Phi) is 2.16. The molecule has 0 atom stereocenters. The zero-order valence-corrected chi connectivity index (χ0v) is 9.35. The van der Waals surface area contributed by atoms with E-state index < -0.39 is 0 Å². The Labute approximate surface area is 86.3 Å². The quantitative estimate of drug-likeness (QED) is 0.771. The first-order chi connectivity index (χ1) is 6.18. The Morgan fingerprint density at radius 2 is 2.08 bits per heavy atom. The maximum atomic E-state index is 3.52. The number of H-pyrrole nitrogens is 1. The normalized spacial score (nSPS) is 11.4. The van der Waals surface area contributed by atoms with Crippen molar-refractivity contribution in [1.29, 1.82) is 0 Å². The SMILES string of the molecule is CC(C)c1cc(Br)cc2[nH]ccc12. The molecule has 1 nitrogen and oxygen atoms in total. The number of aromatic amines is 1. The molecule has 0 saturated carbocycles. The van der Waals surface area contributed by atoms with Gasteiger partial charge in [0, 0.05) is 21.6 Å². The van der Waals surface area contributed by atoms with Crippen molar-refractivity contribution in [2.75, 3.05) is 0 Å². The highest BCUT2D eigenvalue weighted by Gasteiger charge is 2.06. The molecule has 0 aliphatic rings. The van der Waals surface area contributed by atoms with E-state index in [-0.39, 0.29) is 0 Å². The average molecular weight is 238 g/mol. The van der Waals surface area contributed by atoms with Gasteiger partial charge in [-0.25, -0.2) is 0 Å². The molecule has 2 heteroatoms. The predicted octanol–water partition coefficient (Wildman–Crippen LogP) is 4.05. The molecule has 2 rings (SSSR count). The molecule has 1 aromatic heterocycles. The molecule has 68 valence electrons. The minimum Gasteiger partial charge on any atom is -0.361 e. The Morgan fingerprint density at radius 1 is 1.31 bits per heavy atom. The number of hydrogen-bond donors (Lipinski definition) is 1. The summed E-state index contributed by atoms with van der Waals surface area (Å²) in [4.78, 5) is 3.23. The van der Waals surface area contributed by atoms with E-state index >= 15 is 0 Å². The number of hydrogen-bond acceptors (Lipinski definition) is 0. The van der Waals surface area contributed by atoms with E-state index in [1.807, 2.05) is 6.20 Å². The third-order valence-corrected chi connectivity index (χ3v) is 2.75. The minimum atomic E-state index is 0.566. The fourth-order valence-corrected chi connectivity index (χ4v) is 2.11. The Morgan fingerprint density at radius 3 is 2.77 bits per heavy atom. The summed E-state index contributed by atoms with van der Waals surface area (Å²) >= 11 is 3.52. The van der Waals surface area contributed by atoms with Crippen molar-refractivity contribution in [3.63, 3.8) is 0 Å². The van der Waals surface area contributed by atoms with Gasteiger partial charge in [-0.05, 0) is 29.7 Å². The first kappa shape index (κ1) is 8.82. The summed E-state index contributed by atoms with van der Waals surface area (Å²) in [6.45, 7) is 4.43. The second kappa shape index (κ2) is 3.18. The molecule has 0 fully saturated rings. The van der Waals surface area contributed by atoms with Crippen molar-refractivity contribution in [3.05, 3.63) is 34.4 Å². The Bertz CT molecular complexity index is 429. The summed E-state index contributed by atoms with van der Waals surface area (Å²) in [6.07, 6.45) is 1.99. The van der Waals surface area contributed by atoms with Crippen LogP contribution in [0, 0.1) is 0 Å². The van der Waals surface area contributed by atoms with Gasteiger partial charge in [-0.2, -0.15) is 0 Å². The van der Waals surface area contributed by atoms with Crippen LogP contribution in [0.3, 0.4) is 0 Å². The summed E-state index contributed by atoms with van der Waals surface area (Å²) in [7, 11) is 0. The zero-order valence-electron chi connectivity index (χ0n) is 7.76. The fraction of sp³-hybridized carbons (Fsp3) is 0.273. The lowest BCUT2D eigenvalue weighted by molar-refractivity contribution is 0.876. The zero-order chi connectivity index (χ0) is 9.42. The first-order valence-corrected chi connectivity index (χ1v) is 5.24. The lowest BCUT2D eigenvalue weighted by Gasteiger charge is -2.07. The van der Waals surface area contributed by atoms with E-state index in [4.69, 9.17) is 0 Å². The van der Waals surface area contributed by atoms with Crippen molar-refractivity contribution >= 4 is 26.8 Å². The van der Waals surface area contributed by atoms with Crippen molar-refractivity contribution in [2.24, 2.45) is 0 Å². The monoisotopic (exact) mass is 237 g/mol. The van der Waals surface area contributed by atoms with Crippen LogP contribution < -0.4 is 0 Å². The molecule has 1 N–H and O–H groups in total. The second-order valence-corrected chi connectivity index (χ2v) is 4.50. The van der Waals surface area contributed by atoms with Gasteiger partial charge < -0.3 is 4.98 Å². The molecule has 2 aromatic rings. The number of fused-ring (bicyclic) bond motifs is 1. The maximum absolute atomic E-state index is 3.52. The Hall–Kier alpha value is -0.760. The van der Waals surface area contributed by atoms with E-state index in [1.165, 1.54) is 16.5 Å². The van der Waals surface area contributed by atoms with Crippen LogP contribution in [0.4, 0.5) is 0 Å². The number of halogens is 1. The molecule has 0 radical (unpaired) electrons. The average Bonchev–Trinajstić information content (AvgIpc) is 2.49. The molecule has 0 amide bonds. The maximum Gasteiger partial charge on any atom is 0.0468 e. The van der Waals surface area contributed by atoms with Crippen molar-refractivity contribution in [3.8, 4) is 0 Å².